The molecule has 8 heteroatoms. The van der Waals surface area contributed by atoms with Crippen molar-refractivity contribution in [3.8, 4) is 5.75 Å². The maximum absolute atomic E-state index is 13.0. The standard InChI is InChI=1S/C23H23NO6S/c1-16-6-11-20(24-31(28,29)22-5-3-2-4-18(22)12-13-25)21(14-16)30-15-17-7-9-19(10-8-17)23(26)27/h2-11,14,24-25H,12-13,15H2,1H3,(H,26,27). The first kappa shape index (κ1) is 22.3. The molecule has 0 spiro atoms. The molecule has 0 unspecified atom stereocenters. The zero-order valence-corrected chi connectivity index (χ0v) is 17.7. The number of hydrogen-bond acceptors (Lipinski definition) is 5. The second-order valence-corrected chi connectivity index (χ2v) is 8.63. The van der Waals surface area contributed by atoms with Crippen LogP contribution in [0.3, 0.4) is 0 Å². The van der Waals surface area contributed by atoms with E-state index >= 15 is 0 Å². The molecule has 31 heavy (non-hydrogen) atoms. The van der Waals surface area contributed by atoms with Gasteiger partial charge in [0.15, 0.2) is 0 Å². The number of hydrogen-bond donors (Lipinski definition) is 3. The molecule has 3 rings (SSSR count). The van der Waals surface area contributed by atoms with Crippen molar-refractivity contribution in [2.45, 2.75) is 24.8 Å². The van der Waals surface area contributed by atoms with E-state index in [1.807, 2.05) is 6.92 Å². The van der Waals surface area contributed by atoms with Crippen LogP contribution in [0.5, 0.6) is 5.75 Å². The Morgan fingerprint density at radius 3 is 2.42 bits per heavy atom. The Bertz CT molecular complexity index is 1170. The van der Waals surface area contributed by atoms with Crippen molar-refractivity contribution in [1.29, 1.82) is 0 Å². The first-order valence-corrected chi connectivity index (χ1v) is 11.1. The van der Waals surface area contributed by atoms with E-state index < -0.39 is 16.0 Å². The molecule has 0 heterocycles. The molecule has 0 saturated carbocycles. The lowest BCUT2D eigenvalue weighted by molar-refractivity contribution is 0.0697. The zero-order chi connectivity index (χ0) is 22.4. The van der Waals surface area contributed by atoms with E-state index in [4.69, 9.17) is 9.84 Å². The number of aromatic carboxylic acids is 1. The van der Waals surface area contributed by atoms with Crippen LogP contribution < -0.4 is 9.46 Å². The van der Waals surface area contributed by atoms with E-state index in [1.54, 1.807) is 48.5 Å². The minimum Gasteiger partial charge on any atom is -0.487 e. The van der Waals surface area contributed by atoms with Crippen LogP contribution >= 0.6 is 0 Å². The van der Waals surface area contributed by atoms with Gasteiger partial charge in [-0.3, -0.25) is 4.72 Å². The van der Waals surface area contributed by atoms with Crippen molar-refractivity contribution in [2.24, 2.45) is 0 Å². The number of sulfonamides is 1. The van der Waals surface area contributed by atoms with Crippen molar-refractivity contribution in [2.75, 3.05) is 11.3 Å². The summed E-state index contributed by atoms with van der Waals surface area (Å²) in [5.41, 5.74) is 2.61. The van der Waals surface area contributed by atoms with Crippen LogP contribution in [0, 0.1) is 6.92 Å². The lowest BCUT2D eigenvalue weighted by atomic mass is 10.1. The lowest BCUT2D eigenvalue weighted by Gasteiger charge is -2.16. The van der Waals surface area contributed by atoms with E-state index in [-0.39, 0.29) is 35.8 Å². The SMILES string of the molecule is Cc1ccc(NS(=O)(=O)c2ccccc2CCO)c(OCc2ccc(C(=O)O)cc2)c1. The fourth-order valence-corrected chi connectivity index (χ4v) is 4.37. The van der Waals surface area contributed by atoms with Gasteiger partial charge in [-0.25, -0.2) is 13.2 Å². The van der Waals surface area contributed by atoms with Crippen LogP contribution in [-0.2, 0) is 23.1 Å². The molecule has 3 aromatic rings. The predicted molar refractivity (Wildman–Crippen MR) is 117 cm³/mol. The summed E-state index contributed by atoms with van der Waals surface area (Å²) < 4.78 is 34.4. The molecule has 0 fully saturated rings. The van der Waals surface area contributed by atoms with Gasteiger partial charge >= 0.3 is 5.97 Å². The van der Waals surface area contributed by atoms with Gasteiger partial charge in [0.05, 0.1) is 16.1 Å². The Kier molecular flexibility index (Phi) is 6.94. The summed E-state index contributed by atoms with van der Waals surface area (Å²) in [4.78, 5) is 11.1. The molecule has 162 valence electrons. The highest BCUT2D eigenvalue weighted by Gasteiger charge is 2.20. The first-order valence-electron chi connectivity index (χ1n) is 9.57. The van der Waals surface area contributed by atoms with E-state index in [1.165, 1.54) is 18.2 Å². The molecule has 0 amide bonds. The normalized spacial score (nSPS) is 11.2. The molecule has 0 aromatic heterocycles. The molecule has 0 saturated heterocycles. The number of carboxylic acid groups (broad SMARTS) is 1. The average Bonchev–Trinajstić information content (AvgIpc) is 2.74. The summed E-state index contributed by atoms with van der Waals surface area (Å²) in [5.74, 6) is -0.658. The number of rotatable bonds is 9. The molecular weight excluding hydrogens is 418 g/mol. The third kappa shape index (κ3) is 5.62. The maximum atomic E-state index is 13.0. The minimum absolute atomic E-state index is 0.0971. The van der Waals surface area contributed by atoms with Crippen molar-refractivity contribution in [1.82, 2.24) is 0 Å². The van der Waals surface area contributed by atoms with Crippen LogP contribution in [-0.4, -0.2) is 31.2 Å². The number of carboxylic acids is 1. The molecule has 0 bridgehead atoms. The summed E-state index contributed by atoms with van der Waals surface area (Å²) in [5, 5.41) is 18.2. The van der Waals surface area contributed by atoms with Crippen molar-refractivity contribution < 1.29 is 28.2 Å². The van der Waals surface area contributed by atoms with Gasteiger partial charge in [0.25, 0.3) is 10.0 Å². The van der Waals surface area contributed by atoms with Gasteiger partial charge < -0.3 is 14.9 Å². The Labute approximate surface area is 181 Å². The van der Waals surface area contributed by atoms with Crippen LogP contribution in [0.2, 0.25) is 0 Å². The Hall–Kier alpha value is -3.36. The van der Waals surface area contributed by atoms with Crippen LogP contribution in [0.4, 0.5) is 5.69 Å². The van der Waals surface area contributed by atoms with Gasteiger partial charge in [-0.05, 0) is 60.4 Å². The summed E-state index contributed by atoms with van der Waals surface area (Å²) in [6, 6.07) is 17.9. The summed E-state index contributed by atoms with van der Waals surface area (Å²) in [6.07, 6.45) is 0.223. The summed E-state index contributed by atoms with van der Waals surface area (Å²) in [7, 11) is -3.91. The predicted octanol–water partition coefficient (Wildman–Crippen LogP) is 3.61. The molecule has 3 N–H and O–H groups in total. The number of ether oxygens (including phenoxy) is 1. The average molecular weight is 442 g/mol. The second kappa shape index (κ2) is 9.63. The number of nitrogens with one attached hydrogen (secondary N) is 1. The van der Waals surface area contributed by atoms with E-state index in [0.29, 0.717) is 11.3 Å². The largest absolute Gasteiger partial charge is 0.487 e. The highest BCUT2D eigenvalue weighted by atomic mass is 32.2. The number of aliphatic hydroxyl groups excluding tert-OH is 1. The third-order valence-electron chi connectivity index (χ3n) is 4.62. The summed E-state index contributed by atoms with van der Waals surface area (Å²) >= 11 is 0. The second-order valence-electron chi connectivity index (χ2n) is 6.98. The lowest BCUT2D eigenvalue weighted by Crippen LogP contribution is -2.16. The molecule has 0 aliphatic heterocycles. The smallest absolute Gasteiger partial charge is 0.335 e. The number of aryl methyl sites for hydroxylation is 1. The van der Waals surface area contributed by atoms with Crippen molar-refractivity contribution in [3.05, 3.63) is 89.0 Å². The quantitative estimate of drug-likeness (QED) is 0.468. The molecule has 0 aliphatic carbocycles. The third-order valence-corrected chi connectivity index (χ3v) is 6.09. The van der Waals surface area contributed by atoms with Crippen LogP contribution in [0.25, 0.3) is 0 Å². The van der Waals surface area contributed by atoms with Crippen molar-refractivity contribution >= 4 is 21.7 Å². The minimum atomic E-state index is -3.91. The van der Waals surface area contributed by atoms with Gasteiger partial charge in [-0.2, -0.15) is 0 Å². The van der Waals surface area contributed by atoms with Crippen molar-refractivity contribution in [3.63, 3.8) is 0 Å². The fourth-order valence-electron chi connectivity index (χ4n) is 3.03. The number of carbonyl (C=O) groups is 1. The molecule has 0 atom stereocenters. The molecule has 3 aromatic carbocycles. The van der Waals surface area contributed by atoms with Gasteiger partial charge in [0.2, 0.25) is 0 Å². The van der Waals surface area contributed by atoms with Gasteiger partial charge in [0, 0.05) is 6.61 Å². The van der Waals surface area contributed by atoms with E-state index in [0.717, 1.165) is 11.1 Å². The fraction of sp³-hybridized carbons (Fsp3) is 0.174. The molecule has 0 radical (unpaired) electrons. The summed E-state index contributed by atoms with van der Waals surface area (Å²) in [6.45, 7) is 1.84. The number of benzene rings is 3. The van der Waals surface area contributed by atoms with Crippen LogP contribution in [0.15, 0.2) is 71.6 Å². The monoisotopic (exact) mass is 441 g/mol. The van der Waals surface area contributed by atoms with Gasteiger partial charge in [-0.15, -0.1) is 0 Å². The van der Waals surface area contributed by atoms with Gasteiger partial charge in [0.1, 0.15) is 12.4 Å². The molecule has 0 aliphatic rings. The van der Waals surface area contributed by atoms with E-state index in [2.05, 4.69) is 4.72 Å². The molecule has 7 nitrogen and oxygen atoms in total. The number of aliphatic hydroxyl groups is 1. The zero-order valence-electron chi connectivity index (χ0n) is 16.9. The highest BCUT2D eigenvalue weighted by Crippen LogP contribution is 2.30. The number of anilines is 1. The highest BCUT2D eigenvalue weighted by molar-refractivity contribution is 7.92. The Morgan fingerprint density at radius 2 is 1.74 bits per heavy atom. The van der Waals surface area contributed by atoms with Crippen LogP contribution in [0.1, 0.15) is 27.0 Å². The Morgan fingerprint density at radius 1 is 1.03 bits per heavy atom. The Balaban J connectivity index is 1.83. The first-order chi connectivity index (χ1) is 14.8. The van der Waals surface area contributed by atoms with Gasteiger partial charge in [-0.1, -0.05) is 36.4 Å². The topological polar surface area (TPSA) is 113 Å². The molecular formula is C23H23NO6S. The van der Waals surface area contributed by atoms with E-state index in [9.17, 15) is 18.3 Å². The maximum Gasteiger partial charge on any atom is 0.335 e.